The molecule has 0 amide bonds. The molecule has 1 aromatic heterocycles. The molecule has 0 aliphatic rings. The molecule has 0 aliphatic carbocycles. The highest BCUT2D eigenvalue weighted by Gasteiger charge is 2.23. The number of halogens is 2. The zero-order valence-corrected chi connectivity index (χ0v) is 10.1. The SMILES string of the molecule is Cn1nc(C(=O)O)c(-c2cc(Cl)ccc2F)c1N. The van der Waals surface area contributed by atoms with Crippen molar-refractivity contribution >= 4 is 23.4 Å². The molecular formula is C11H9ClFN3O2. The van der Waals surface area contributed by atoms with Gasteiger partial charge in [0.2, 0.25) is 0 Å². The average molecular weight is 270 g/mol. The molecule has 2 rings (SSSR count). The molecule has 0 spiro atoms. The van der Waals surface area contributed by atoms with E-state index in [1.54, 1.807) is 0 Å². The Morgan fingerprint density at radius 1 is 1.56 bits per heavy atom. The highest BCUT2D eigenvalue weighted by Crippen LogP contribution is 2.33. The first-order chi connectivity index (χ1) is 8.41. The molecule has 0 radical (unpaired) electrons. The number of carboxylic acids is 1. The Bertz CT molecular complexity index is 639. The summed E-state index contributed by atoms with van der Waals surface area (Å²) in [6.45, 7) is 0. The minimum absolute atomic E-state index is 0.0190. The van der Waals surface area contributed by atoms with Gasteiger partial charge in [-0.15, -0.1) is 0 Å². The number of aryl methyl sites for hydroxylation is 1. The summed E-state index contributed by atoms with van der Waals surface area (Å²) in [6.07, 6.45) is 0. The van der Waals surface area contributed by atoms with E-state index in [0.29, 0.717) is 0 Å². The molecule has 7 heteroatoms. The first-order valence-corrected chi connectivity index (χ1v) is 5.30. The number of nitrogen functional groups attached to an aromatic ring is 1. The average Bonchev–Trinajstić information content (AvgIpc) is 2.60. The van der Waals surface area contributed by atoms with Crippen LogP contribution in [0.5, 0.6) is 0 Å². The maximum absolute atomic E-state index is 13.7. The zero-order valence-electron chi connectivity index (χ0n) is 9.32. The van der Waals surface area contributed by atoms with Gasteiger partial charge in [0.05, 0.1) is 5.56 Å². The highest BCUT2D eigenvalue weighted by molar-refractivity contribution is 6.30. The van der Waals surface area contributed by atoms with E-state index in [2.05, 4.69) is 5.10 Å². The van der Waals surface area contributed by atoms with Crippen LogP contribution in [-0.4, -0.2) is 20.9 Å². The van der Waals surface area contributed by atoms with Crippen molar-refractivity contribution in [1.29, 1.82) is 0 Å². The summed E-state index contributed by atoms with van der Waals surface area (Å²) in [7, 11) is 1.48. The smallest absolute Gasteiger partial charge is 0.357 e. The van der Waals surface area contributed by atoms with Crippen LogP contribution in [0.2, 0.25) is 5.02 Å². The molecule has 18 heavy (non-hydrogen) atoms. The molecule has 1 aromatic carbocycles. The van der Waals surface area contributed by atoms with Crippen LogP contribution >= 0.6 is 11.6 Å². The van der Waals surface area contributed by atoms with E-state index in [9.17, 15) is 9.18 Å². The Hall–Kier alpha value is -2.08. The van der Waals surface area contributed by atoms with Crippen LogP contribution in [-0.2, 0) is 7.05 Å². The molecule has 2 aromatic rings. The number of carboxylic acid groups (broad SMARTS) is 1. The maximum Gasteiger partial charge on any atom is 0.357 e. The lowest BCUT2D eigenvalue weighted by Gasteiger charge is -2.04. The summed E-state index contributed by atoms with van der Waals surface area (Å²) in [6, 6.07) is 3.83. The van der Waals surface area contributed by atoms with Crippen molar-refractivity contribution in [1.82, 2.24) is 9.78 Å². The molecule has 0 unspecified atom stereocenters. The van der Waals surface area contributed by atoms with Crippen LogP contribution in [0.1, 0.15) is 10.5 Å². The third kappa shape index (κ3) is 1.91. The zero-order chi connectivity index (χ0) is 13.4. The van der Waals surface area contributed by atoms with Crippen LogP contribution in [0.15, 0.2) is 18.2 Å². The monoisotopic (exact) mass is 269 g/mol. The highest BCUT2D eigenvalue weighted by atomic mass is 35.5. The number of carbonyl (C=O) groups is 1. The molecule has 0 aliphatic heterocycles. The van der Waals surface area contributed by atoms with Gasteiger partial charge >= 0.3 is 5.97 Å². The summed E-state index contributed by atoms with van der Waals surface area (Å²) in [4.78, 5) is 11.1. The topological polar surface area (TPSA) is 81.1 Å². The summed E-state index contributed by atoms with van der Waals surface area (Å²) in [5.74, 6) is -1.83. The number of anilines is 1. The second-order valence-electron chi connectivity index (χ2n) is 3.66. The summed E-state index contributed by atoms with van der Waals surface area (Å²) < 4.78 is 14.9. The van der Waals surface area contributed by atoms with Crippen molar-refractivity contribution in [2.75, 3.05) is 5.73 Å². The molecule has 0 fully saturated rings. The number of benzene rings is 1. The summed E-state index contributed by atoms with van der Waals surface area (Å²) in [5.41, 5.74) is 5.46. The molecule has 5 nitrogen and oxygen atoms in total. The quantitative estimate of drug-likeness (QED) is 0.875. The molecule has 3 N–H and O–H groups in total. The van der Waals surface area contributed by atoms with Crippen molar-refractivity contribution < 1.29 is 14.3 Å². The van der Waals surface area contributed by atoms with Crippen molar-refractivity contribution in [2.45, 2.75) is 0 Å². The van der Waals surface area contributed by atoms with Crippen LogP contribution < -0.4 is 5.73 Å². The lowest BCUT2D eigenvalue weighted by atomic mass is 10.0. The Balaban J connectivity index is 2.77. The van der Waals surface area contributed by atoms with Gasteiger partial charge in [0.1, 0.15) is 11.6 Å². The van der Waals surface area contributed by atoms with Gasteiger partial charge in [0.25, 0.3) is 0 Å². The molecule has 0 atom stereocenters. The van der Waals surface area contributed by atoms with Gasteiger partial charge in [-0.25, -0.2) is 9.18 Å². The van der Waals surface area contributed by atoms with Gasteiger partial charge in [-0.05, 0) is 18.2 Å². The molecule has 0 saturated carbocycles. The molecule has 0 bridgehead atoms. The first kappa shape index (κ1) is 12.4. The lowest BCUT2D eigenvalue weighted by molar-refractivity contribution is 0.0690. The van der Waals surface area contributed by atoms with Gasteiger partial charge in [-0.1, -0.05) is 11.6 Å². The minimum atomic E-state index is -1.28. The van der Waals surface area contributed by atoms with E-state index in [4.69, 9.17) is 22.4 Å². The van der Waals surface area contributed by atoms with E-state index in [1.807, 2.05) is 0 Å². The van der Waals surface area contributed by atoms with Gasteiger partial charge in [-0.2, -0.15) is 5.10 Å². The fourth-order valence-corrected chi connectivity index (χ4v) is 1.81. The number of hydrogen-bond donors (Lipinski definition) is 2. The second-order valence-corrected chi connectivity index (χ2v) is 4.10. The third-order valence-electron chi connectivity index (χ3n) is 2.49. The number of aromatic nitrogens is 2. The van der Waals surface area contributed by atoms with E-state index >= 15 is 0 Å². The van der Waals surface area contributed by atoms with Crippen molar-refractivity contribution in [3.8, 4) is 11.1 Å². The molecule has 94 valence electrons. The number of aromatic carboxylic acids is 1. The van der Waals surface area contributed by atoms with Crippen LogP contribution in [0, 0.1) is 5.82 Å². The molecule has 1 heterocycles. The van der Waals surface area contributed by atoms with Gasteiger partial charge < -0.3 is 10.8 Å². The predicted molar refractivity (Wildman–Crippen MR) is 65.0 cm³/mol. The predicted octanol–water partition coefficient (Wildman–Crippen LogP) is 2.16. The second kappa shape index (κ2) is 4.30. The van der Waals surface area contributed by atoms with E-state index in [1.165, 1.54) is 23.9 Å². The number of hydrogen-bond acceptors (Lipinski definition) is 3. The van der Waals surface area contributed by atoms with Crippen molar-refractivity contribution in [3.05, 3.63) is 34.7 Å². The standard InChI is InChI=1S/C11H9ClFN3O2/c1-16-10(14)8(9(15-16)11(17)18)6-4-5(12)2-3-7(6)13/h2-4H,14H2,1H3,(H,17,18). The largest absolute Gasteiger partial charge is 0.476 e. The molecular weight excluding hydrogens is 261 g/mol. The number of rotatable bonds is 2. The summed E-state index contributed by atoms with van der Waals surface area (Å²) >= 11 is 5.78. The Labute approximate surface area is 107 Å². The Kier molecular flexibility index (Phi) is 2.96. The maximum atomic E-state index is 13.7. The Morgan fingerprint density at radius 3 is 2.83 bits per heavy atom. The van der Waals surface area contributed by atoms with Crippen LogP contribution in [0.25, 0.3) is 11.1 Å². The summed E-state index contributed by atoms with van der Waals surface area (Å²) in [5, 5.41) is 13.1. The third-order valence-corrected chi connectivity index (χ3v) is 2.73. The fraction of sp³-hybridized carbons (Fsp3) is 0.0909. The van der Waals surface area contributed by atoms with E-state index < -0.39 is 11.8 Å². The van der Waals surface area contributed by atoms with E-state index in [0.717, 1.165) is 6.07 Å². The normalized spacial score (nSPS) is 10.6. The Morgan fingerprint density at radius 2 is 2.22 bits per heavy atom. The number of nitrogens with two attached hydrogens (primary N) is 1. The van der Waals surface area contributed by atoms with Gasteiger partial charge in [-0.3, -0.25) is 4.68 Å². The van der Waals surface area contributed by atoms with E-state index in [-0.39, 0.29) is 27.7 Å². The van der Waals surface area contributed by atoms with Gasteiger partial charge in [0, 0.05) is 17.6 Å². The van der Waals surface area contributed by atoms with Gasteiger partial charge in [0.15, 0.2) is 5.69 Å². The van der Waals surface area contributed by atoms with Crippen LogP contribution in [0.4, 0.5) is 10.2 Å². The van der Waals surface area contributed by atoms with Crippen molar-refractivity contribution in [2.24, 2.45) is 7.05 Å². The first-order valence-electron chi connectivity index (χ1n) is 4.93. The van der Waals surface area contributed by atoms with Crippen LogP contribution in [0.3, 0.4) is 0 Å². The van der Waals surface area contributed by atoms with Crippen molar-refractivity contribution in [3.63, 3.8) is 0 Å². The molecule has 0 saturated heterocycles. The lowest BCUT2D eigenvalue weighted by Crippen LogP contribution is -2.01. The fourth-order valence-electron chi connectivity index (χ4n) is 1.64. The minimum Gasteiger partial charge on any atom is -0.476 e. The number of nitrogens with zero attached hydrogens (tertiary/aromatic N) is 2.